The third-order valence-electron chi connectivity index (χ3n) is 5.36. The molecule has 12 heteroatoms. The van der Waals surface area contributed by atoms with Gasteiger partial charge in [-0.05, 0) is 42.8 Å². The van der Waals surface area contributed by atoms with Crippen molar-refractivity contribution in [1.29, 1.82) is 0 Å². The van der Waals surface area contributed by atoms with Crippen LogP contribution in [0.5, 0.6) is 0 Å². The summed E-state index contributed by atoms with van der Waals surface area (Å²) in [7, 11) is 0. The lowest BCUT2D eigenvalue weighted by molar-refractivity contribution is -0.140. The van der Waals surface area contributed by atoms with E-state index in [4.69, 9.17) is 28.9 Å². The summed E-state index contributed by atoms with van der Waals surface area (Å²) < 4.78 is 42.6. The monoisotopic (exact) mass is 536 g/mol. The van der Waals surface area contributed by atoms with E-state index in [2.05, 4.69) is 15.4 Å². The van der Waals surface area contributed by atoms with Gasteiger partial charge in [-0.25, -0.2) is 9.67 Å². The van der Waals surface area contributed by atoms with Crippen molar-refractivity contribution in [3.8, 4) is 17.1 Å². The summed E-state index contributed by atoms with van der Waals surface area (Å²) in [5.41, 5.74) is 6.27. The normalized spacial score (nSPS) is 11.6. The Hall–Kier alpha value is -3.50. The van der Waals surface area contributed by atoms with Gasteiger partial charge in [0.1, 0.15) is 11.5 Å². The van der Waals surface area contributed by atoms with Crippen molar-refractivity contribution < 1.29 is 18.0 Å². The maximum atomic E-state index is 13.3. The number of primary amides is 1. The molecule has 1 amide bonds. The van der Waals surface area contributed by atoms with Gasteiger partial charge in [0.15, 0.2) is 11.4 Å². The molecule has 0 spiro atoms. The number of rotatable bonds is 8. The molecule has 4 aromatic rings. The lowest BCUT2D eigenvalue weighted by Gasteiger charge is -2.09. The van der Waals surface area contributed by atoms with E-state index in [0.29, 0.717) is 39.2 Å². The average molecular weight is 537 g/mol. The predicted octanol–water partition coefficient (Wildman–Crippen LogP) is 6.70. The number of carbonyl (C=O) groups is 1. The Morgan fingerprint density at radius 3 is 2.33 bits per heavy atom. The first-order valence-electron chi connectivity index (χ1n) is 10.9. The predicted molar refractivity (Wildman–Crippen MR) is 133 cm³/mol. The number of aryl methyl sites for hydroxylation is 1. The summed E-state index contributed by atoms with van der Waals surface area (Å²) in [6.07, 6.45) is -0.436. The Morgan fingerprint density at radius 2 is 1.75 bits per heavy atom. The van der Waals surface area contributed by atoms with Crippen LogP contribution in [-0.4, -0.2) is 25.2 Å². The van der Waals surface area contributed by atoms with Gasteiger partial charge >= 0.3 is 6.18 Å². The van der Waals surface area contributed by atoms with Crippen LogP contribution in [0, 0.1) is 0 Å². The number of aromatic nitrogens is 4. The highest BCUT2D eigenvalue weighted by molar-refractivity contribution is 6.37. The first-order valence-corrected chi connectivity index (χ1v) is 11.7. The maximum absolute atomic E-state index is 13.3. The number of benzene rings is 2. The number of anilines is 2. The molecule has 36 heavy (non-hydrogen) atoms. The smallest absolute Gasteiger partial charge is 0.364 e. The number of nitrogens with zero attached hydrogens (tertiary/aromatic N) is 4. The lowest BCUT2D eigenvalue weighted by atomic mass is 10.2. The first kappa shape index (κ1) is 25.6. The van der Waals surface area contributed by atoms with E-state index in [0.717, 1.165) is 19.0 Å². The Bertz CT molecular complexity index is 1380. The summed E-state index contributed by atoms with van der Waals surface area (Å²) in [5.74, 6) is -0.546. The van der Waals surface area contributed by atoms with Gasteiger partial charge in [0.05, 0.1) is 21.9 Å². The molecule has 0 unspecified atom stereocenters. The van der Waals surface area contributed by atoms with Crippen LogP contribution in [0.15, 0.2) is 54.9 Å². The minimum absolute atomic E-state index is 0.0417. The van der Waals surface area contributed by atoms with Gasteiger partial charge in [-0.2, -0.15) is 18.3 Å². The van der Waals surface area contributed by atoms with Crippen molar-refractivity contribution in [2.75, 3.05) is 5.32 Å². The number of para-hydroxylation sites is 1. The molecule has 2 aromatic carbocycles. The zero-order valence-electron chi connectivity index (χ0n) is 19.0. The highest BCUT2D eigenvalue weighted by Crippen LogP contribution is 2.33. The number of amides is 1. The van der Waals surface area contributed by atoms with Crippen molar-refractivity contribution in [2.45, 2.75) is 32.5 Å². The van der Waals surface area contributed by atoms with Crippen LogP contribution >= 0.6 is 23.2 Å². The fraction of sp³-hybridized carbons (Fsp3) is 0.208. The number of imidazole rings is 1. The second-order valence-corrected chi connectivity index (χ2v) is 8.78. The molecule has 2 heterocycles. The van der Waals surface area contributed by atoms with E-state index >= 15 is 0 Å². The Labute approximate surface area is 214 Å². The number of carbonyl (C=O) groups excluding carboxylic acids is 1. The molecular formula is C24H21Cl2F3N6O. The van der Waals surface area contributed by atoms with Crippen LogP contribution in [0.1, 0.15) is 35.9 Å². The summed E-state index contributed by atoms with van der Waals surface area (Å²) >= 11 is 12.5. The number of alkyl halides is 3. The van der Waals surface area contributed by atoms with Crippen molar-refractivity contribution in [1.82, 2.24) is 19.3 Å². The van der Waals surface area contributed by atoms with Crippen molar-refractivity contribution in [3.63, 3.8) is 0 Å². The zero-order valence-corrected chi connectivity index (χ0v) is 20.5. The highest BCUT2D eigenvalue weighted by atomic mass is 35.5. The number of nitrogens with two attached hydrogens (primary N) is 1. The van der Waals surface area contributed by atoms with Crippen LogP contribution in [0.4, 0.5) is 24.5 Å². The van der Waals surface area contributed by atoms with Crippen LogP contribution in [0.25, 0.3) is 17.1 Å². The highest BCUT2D eigenvalue weighted by Gasteiger charge is 2.35. The molecule has 2 aromatic heterocycles. The minimum atomic E-state index is -4.54. The van der Waals surface area contributed by atoms with Gasteiger partial charge < -0.3 is 15.6 Å². The lowest BCUT2D eigenvalue weighted by Crippen LogP contribution is -2.14. The van der Waals surface area contributed by atoms with Gasteiger partial charge in [-0.15, -0.1) is 0 Å². The Kier molecular flexibility index (Phi) is 7.28. The standard InChI is InChI=1S/C24H21Cl2F3N6O/c1-2-3-11-34-13-19(24(27,28)29)32-23(34)14-7-9-15(10-8-14)31-18-12-35(33-20(18)22(30)36)21-16(25)5-4-6-17(21)26/h4-10,12-13,31H,2-3,11H2,1H3,(H2,30,36). The maximum Gasteiger partial charge on any atom is 0.434 e. The van der Waals surface area contributed by atoms with Gasteiger partial charge in [-0.3, -0.25) is 4.79 Å². The quantitative estimate of drug-likeness (QED) is 0.262. The van der Waals surface area contributed by atoms with Crippen LogP contribution in [-0.2, 0) is 12.7 Å². The molecule has 3 N–H and O–H groups in total. The van der Waals surface area contributed by atoms with Crippen molar-refractivity contribution in [2.24, 2.45) is 5.73 Å². The molecule has 0 fully saturated rings. The van der Waals surface area contributed by atoms with E-state index in [1.807, 2.05) is 6.92 Å². The minimum Gasteiger partial charge on any atom is -0.364 e. The molecule has 4 rings (SSSR count). The average Bonchev–Trinajstić information content (AvgIpc) is 3.43. The molecule has 0 bridgehead atoms. The number of hydrogen-bond acceptors (Lipinski definition) is 4. The largest absolute Gasteiger partial charge is 0.434 e. The Morgan fingerprint density at radius 1 is 1.08 bits per heavy atom. The van der Waals surface area contributed by atoms with Gasteiger partial charge in [0, 0.05) is 24.0 Å². The van der Waals surface area contributed by atoms with Gasteiger partial charge in [-0.1, -0.05) is 42.6 Å². The first-order chi connectivity index (χ1) is 17.1. The van der Waals surface area contributed by atoms with Gasteiger partial charge in [0.2, 0.25) is 0 Å². The van der Waals surface area contributed by atoms with Crippen molar-refractivity contribution in [3.05, 3.63) is 76.3 Å². The van der Waals surface area contributed by atoms with Crippen molar-refractivity contribution >= 4 is 40.5 Å². The molecule has 0 aliphatic carbocycles. The topological polar surface area (TPSA) is 90.8 Å². The SMILES string of the molecule is CCCCn1cc(C(F)(F)F)nc1-c1ccc(Nc2cn(-c3c(Cl)cccc3Cl)nc2C(N)=O)cc1. The van der Waals surface area contributed by atoms with E-state index < -0.39 is 17.8 Å². The number of nitrogens with one attached hydrogen (secondary N) is 1. The summed E-state index contributed by atoms with van der Waals surface area (Å²) in [5, 5.41) is 7.94. The van der Waals surface area contributed by atoms with E-state index in [9.17, 15) is 18.0 Å². The van der Waals surface area contributed by atoms with E-state index in [-0.39, 0.29) is 11.5 Å². The molecule has 188 valence electrons. The molecule has 0 aliphatic heterocycles. The molecule has 7 nitrogen and oxygen atoms in total. The molecule has 0 saturated carbocycles. The second kappa shape index (κ2) is 10.2. The zero-order chi connectivity index (χ0) is 26.0. The van der Waals surface area contributed by atoms with Crippen LogP contribution < -0.4 is 11.1 Å². The third kappa shape index (κ3) is 5.34. The molecular weight excluding hydrogens is 516 g/mol. The second-order valence-electron chi connectivity index (χ2n) is 7.97. The summed E-state index contributed by atoms with van der Waals surface area (Å²) in [6, 6.07) is 11.6. The fourth-order valence-corrected chi connectivity index (χ4v) is 4.18. The summed E-state index contributed by atoms with van der Waals surface area (Å²) in [4.78, 5) is 15.8. The molecule has 0 atom stereocenters. The molecule has 0 radical (unpaired) electrons. The third-order valence-corrected chi connectivity index (χ3v) is 5.97. The Balaban J connectivity index is 1.65. The fourth-order valence-electron chi connectivity index (χ4n) is 3.61. The number of halogens is 5. The van der Waals surface area contributed by atoms with E-state index in [1.165, 1.54) is 15.4 Å². The van der Waals surface area contributed by atoms with E-state index in [1.54, 1.807) is 42.5 Å². The van der Waals surface area contributed by atoms with Crippen LogP contribution in [0.3, 0.4) is 0 Å². The number of hydrogen-bond donors (Lipinski definition) is 2. The van der Waals surface area contributed by atoms with Gasteiger partial charge in [0.25, 0.3) is 5.91 Å². The molecule has 0 saturated heterocycles. The molecule has 0 aliphatic rings. The summed E-state index contributed by atoms with van der Waals surface area (Å²) in [6.45, 7) is 2.38. The van der Waals surface area contributed by atoms with Crippen LogP contribution in [0.2, 0.25) is 10.0 Å². The number of unbranched alkanes of at least 4 members (excludes halogenated alkanes) is 1.